The Morgan fingerprint density at radius 2 is 1.68 bits per heavy atom. The highest BCUT2D eigenvalue weighted by molar-refractivity contribution is 5.64. The monoisotopic (exact) mass is 373 g/mol. The van der Waals surface area contributed by atoms with Gasteiger partial charge in [0.15, 0.2) is 0 Å². The number of anilines is 2. The summed E-state index contributed by atoms with van der Waals surface area (Å²) in [5, 5.41) is 11.2. The van der Waals surface area contributed by atoms with E-state index in [9.17, 15) is 4.39 Å². The molecule has 0 fully saturated rings. The molecule has 0 aliphatic rings. The maximum atomic E-state index is 14.7. The molecule has 1 atom stereocenters. The quantitative estimate of drug-likeness (QED) is 0.461. The lowest BCUT2D eigenvalue weighted by Crippen LogP contribution is -1.98. The lowest BCUT2D eigenvalue weighted by Gasteiger charge is -2.10. The van der Waals surface area contributed by atoms with Gasteiger partial charge in [-0.2, -0.15) is 0 Å². The van der Waals surface area contributed by atoms with E-state index >= 15 is 0 Å². The zero-order chi connectivity index (χ0) is 19.5. The van der Waals surface area contributed by atoms with Gasteiger partial charge in [-0.1, -0.05) is 65.3 Å². The number of hydrogen-bond acceptors (Lipinski definition) is 4. The van der Waals surface area contributed by atoms with E-state index in [0.29, 0.717) is 17.5 Å². The standard InChI is InChI=1S/C23H20FN3O/c1-15-8-11-19(12-9-15)25-23-27-26-22(28-23)16(2)18-10-13-20(21(24)14-18)17-6-4-3-5-7-17/h3-14,16H,1-2H3,(H,25,27). The zero-order valence-corrected chi connectivity index (χ0v) is 15.7. The topological polar surface area (TPSA) is 51.0 Å². The average molecular weight is 373 g/mol. The number of aryl methyl sites for hydroxylation is 1. The maximum absolute atomic E-state index is 14.7. The van der Waals surface area contributed by atoms with Gasteiger partial charge in [0.1, 0.15) is 5.82 Å². The van der Waals surface area contributed by atoms with E-state index in [-0.39, 0.29) is 11.7 Å². The molecule has 0 radical (unpaired) electrons. The van der Waals surface area contributed by atoms with E-state index in [0.717, 1.165) is 16.8 Å². The van der Waals surface area contributed by atoms with Crippen LogP contribution in [0.1, 0.15) is 29.9 Å². The molecule has 0 saturated heterocycles. The average Bonchev–Trinajstić information content (AvgIpc) is 3.18. The molecule has 4 nitrogen and oxygen atoms in total. The second kappa shape index (κ2) is 7.64. The van der Waals surface area contributed by atoms with Gasteiger partial charge >= 0.3 is 6.01 Å². The number of hydrogen-bond donors (Lipinski definition) is 1. The second-order valence-corrected chi connectivity index (χ2v) is 6.76. The van der Waals surface area contributed by atoms with Gasteiger partial charge in [-0.15, -0.1) is 5.10 Å². The van der Waals surface area contributed by atoms with E-state index in [1.807, 2.05) is 74.5 Å². The normalized spacial score (nSPS) is 12.0. The van der Waals surface area contributed by atoms with Crippen LogP contribution >= 0.6 is 0 Å². The molecule has 4 aromatic rings. The minimum absolute atomic E-state index is 0.222. The minimum Gasteiger partial charge on any atom is -0.407 e. The van der Waals surface area contributed by atoms with Gasteiger partial charge in [0, 0.05) is 11.3 Å². The minimum atomic E-state index is -0.270. The van der Waals surface area contributed by atoms with Gasteiger partial charge in [-0.05, 0) is 43.2 Å². The van der Waals surface area contributed by atoms with E-state index in [2.05, 4.69) is 15.5 Å². The lowest BCUT2D eigenvalue weighted by molar-refractivity contribution is 0.492. The van der Waals surface area contributed by atoms with Crippen LogP contribution in [0.2, 0.25) is 0 Å². The molecule has 0 saturated carbocycles. The second-order valence-electron chi connectivity index (χ2n) is 6.76. The predicted molar refractivity (Wildman–Crippen MR) is 108 cm³/mol. The first-order chi connectivity index (χ1) is 13.6. The molecule has 28 heavy (non-hydrogen) atoms. The van der Waals surface area contributed by atoms with Gasteiger partial charge in [0.2, 0.25) is 5.89 Å². The number of rotatable bonds is 5. The van der Waals surface area contributed by atoms with Gasteiger partial charge < -0.3 is 9.73 Å². The third kappa shape index (κ3) is 3.78. The molecule has 5 heteroatoms. The van der Waals surface area contributed by atoms with E-state index in [4.69, 9.17) is 4.42 Å². The van der Waals surface area contributed by atoms with Crippen LogP contribution in [-0.2, 0) is 0 Å². The highest BCUT2D eigenvalue weighted by Crippen LogP contribution is 2.29. The van der Waals surface area contributed by atoms with Crippen molar-refractivity contribution < 1.29 is 8.81 Å². The van der Waals surface area contributed by atoms with E-state index < -0.39 is 0 Å². The van der Waals surface area contributed by atoms with Crippen molar-refractivity contribution in [3.05, 3.63) is 95.6 Å². The summed E-state index contributed by atoms with van der Waals surface area (Å²) in [5.41, 5.74) is 4.24. The molecular weight excluding hydrogens is 353 g/mol. The van der Waals surface area contributed by atoms with Crippen molar-refractivity contribution in [3.63, 3.8) is 0 Å². The van der Waals surface area contributed by atoms with E-state index in [1.165, 1.54) is 11.6 Å². The molecule has 1 heterocycles. The Morgan fingerprint density at radius 1 is 0.929 bits per heavy atom. The van der Waals surface area contributed by atoms with Crippen LogP contribution in [0, 0.1) is 12.7 Å². The lowest BCUT2D eigenvalue weighted by atomic mass is 9.97. The molecular formula is C23H20FN3O. The molecule has 1 N–H and O–H groups in total. The Bertz CT molecular complexity index is 1070. The van der Waals surface area contributed by atoms with Gasteiger partial charge in [-0.3, -0.25) is 0 Å². The first kappa shape index (κ1) is 17.9. The molecule has 0 aliphatic carbocycles. The summed E-state index contributed by atoms with van der Waals surface area (Å²) >= 11 is 0. The van der Waals surface area contributed by atoms with Crippen LogP contribution < -0.4 is 5.32 Å². The molecule has 1 aromatic heterocycles. The van der Waals surface area contributed by atoms with Gasteiger partial charge in [-0.25, -0.2) is 4.39 Å². The fourth-order valence-electron chi connectivity index (χ4n) is 3.02. The van der Waals surface area contributed by atoms with Crippen molar-refractivity contribution in [2.45, 2.75) is 19.8 Å². The fourth-order valence-corrected chi connectivity index (χ4v) is 3.02. The molecule has 1 unspecified atom stereocenters. The van der Waals surface area contributed by atoms with Crippen molar-refractivity contribution >= 4 is 11.7 Å². The Morgan fingerprint density at radius 3 is 2.39 bits per heavy atom. The van der Waals surface area contributed by atoms with Crippen molar-refractivity contribution in [3.8, 4) is 11.1 Å². The van der Waals surface area contributed by atoms with Crippen molar-refractivity contribution in [2.75, 3.05) is 5.32 Å². The number of nitrogens with zero attached hydrogens (tertiary/aromatic N) is 2. The molecule has 0 spiro atoms. The first-order valence-electron chi connectivity index (χ1n) is 9.12. The SMILES string of the molecule is Cc1ccc(Nc2nnc(C(C)c3ccc(-c4ccccc4)c(F)c3)o2)cc1. The zero-order valence-electron chi connectivity index (χ0n) is 15.7. The number of halogens is 1. The molecule has 4 rings (SSSR count). The first-order valence-corrected chi connectivity index (χ1v) is 9.12. The fraction of sp³-hybridized carbons (Fsp3) is 0.130. The van der Waals surface area contributed by atoms with Crippen molar-refractivity contribution in [2.24, 2.45) is 0 Å². The summed E-state index contributed by atoms with van der Waals surface area (Å²) in [5.74, 6) is -0.0602. The van der Waals surface area contributed by atoms with Gasteiger partial charge in [0.05, 0.1) is 5.92 Å². The van der Waals surface area contributed by atoms with Crippen LogP contribution in [0.4, 0.5) is 16.1 Å². The molecule has 0 aliphatic heterocycles. The Hall–Kier alpha value is -3.47. The maximum Gasteiger partial charge on any atom is 0.320 e. The number of aromatic nitrogens is 2. The Kier molecular flexibility index (Phi) is 4.89. The van der Waals surface area contributed by atoms with Crippen LogP contribution in [-0.4, -0.2) is 10.2 Å². The summed E-state index contributed by atoms with van der Waals surface area (Å²) in [7, 11) is 0. The highest BCUT2D eigenvalue weighted by Gasteiger charge is 2.18. The van der Waals surface area contributed by atoms with E-state index in [1.54, 1.807) is 6.07 Å². The number of nitrogens with one attached hydrogen (secondary N) is 1. The third-order valence-electron chi connectivity index (χ3n) is 4.69. The largest absolute Gasteiger partial charge is 0.407 e. The van der Waals surface area contributed by atoms with Crippen LogP contribution in [0.3, 0.4) is 0 Å². The summed E-state index contributed by atoms with van der Waals surface area (Å²) < 4.78 is 20.4. The van der Waals surface area contributed by atoms with Crippen molar-refractivity contribution in [1.82, 2.24) is 10.2 Å². The Labute approximate surface area is 163 Å². The van der Waals surface area contributed by atoms with Crippen LogP contribution in [0.5, 0.6) is 0 Å². The molecule has 0 bridgehead atoms. The smallest absolute Gasteiger partial charge is 0.320 e. The third-order valence-corrected chi connectivity index (χ3v) is 4.69. The number of benzene rings is 3. The Balaban J connectivity index is 1.53. The predicted octanol–water partition coefficient (Wildman–Crippen LogP) is 6.08. The van der Waals surface area contributed by atoms with Gasteiger partial charge in [0.25, 0.3) is 0 Å². The molecule has 3 aromatic carbocycles. The van der Waals surface area contributed by atoms with Crippen LogP contribution in [0.15, 0.2) is 77.2 Å². The highest BCUT2D eigenvalue weighted by atomic mass is 19.1. The van der Waals surface area contributed by atoms with Crippen LogP contribution in [0.25, 0.3) is 11.1 Å². The summed E-state index contributed by atoms with van der Waals surface area (Å²) in [6.45, 7) is 3.94. The molecule has 0 amide bonds. The van der Waals surface area contributed by atoms with Crippen molar-refractivity contribution in [1.29, 1.82) is 0 Å². The summed E-state index contributed by atoms with van der Waals surface area (Å²) in [6, 6.07) is 22.9. The molecule has 140 valence electrons. The summed E-state index contributed by atoms with van der Waals surface area (Å²) in [4.78, 5) is 0. The summed E-state index contributed by atoms with van der Waals surface area (Å²) in [6.07, 6.45) is 0.